The molecule has 0 aliphatic carbocycles. The average molecular weight is 495 g/mol. The molecule has 1 saturated heterocycles. The summed E-state index contributed by atoms with van der Waals surface area (Å²) < 4.78 is 5.19. The lowest BCUT2D eigenvalue weighted by Gasteiger charge is -2.35. The molecule has 0 spiro atoms. The van der Waals surface area contributed by atoms with Crippen LogP contribution >= 0.6 is 11.3 Å². The molecule has 1 aliphatic rings. The number of hydrogen-bond acceptors (Lipinski definition) is 8. The van der Waals surface area contributed by atoms with Crippen LogP contribution in [-0.4, -0.2) is 61.0 Å². The number of anilines is 2. The molecule has 2 aromatic carbocycles. The molecule has 4 rings (SSSR count). The first-order valence-corrected chi connectivity index (χ1v) is 12.1. The fourth-order valence-electron chi connectivity index (χ4n) is 4.00. The Morgan fingerprint density at radius 3 is 2.43 bits per heavy atom. The average Bonchev–Trinajstić information content (AvgIpc) is 3.29. The van der Waals surface area contributed by atoms with E-state index in [1.54, 1.807) is 31.2 Å². The number of para-hydroxylation sites is 2. The maximum Gasteiger partial charge on any atom is 0.350 e. The van der Waals surface area contributed by atoms with Gasteiger partial charge >= 0.3 is 5.97 Å². The molecule has 0 saturated carbocycles. The Morgan fingerprint density at radius 2 is 1.74 bits per heavy atom. The van der Waals surface area contributed by atoms with E-state index in [0.717, 1.165) is 10.4 Å². The normalized spacial score (nSPS) is 13.9. The van der Waals surface area contributed by atoms with E-state index in [1.807, 2.05) is 40.1 Å². The first-order chi connectivity index (χ1) is 17.0. The Labute approximate surface area is 207 Å². The lowest BCUT2D eigenvalue weighted by atomic mass is 10.2. The van der Waals surface area contributed by atoms with E-state index in [1.165, 1.54) is 17.4 Å². The molecule has 0 radical (unpaired) electrons. The predicted octanol–water partition coefficient (Wildman–Crippen LogP) is 4.26. The number of carbonyl (C=O) groups is 2. The Bertz CT molecular complexity index is 1210. The minimum absolute atomic E-state index is 0.0804. The van der Waals surface area contributed by atoms with Gasteiger partial charge in [0.15, 0.2) is 0 Å². The highest BCUT2D eigenvalue weighted by molar-refractivity contribution is 7.18. The van der Waals surface area contributed by atoms with E-state index in [0.29, 0.717) is 42.4 Å². The summed E-state index contributed by atoms with van der Waals surface area (Å²) in [6.45, 7) is 4.46. The smallest absolute Gasteiger partial charge is 0.350 e. The van der Waals surface area contributed by atoms with Crippen LogP contribution < -0.4 is 10.2 Å². The van der Waals surface area contributed by atoms with Gasteiger partial charge < -0.3 is 15.0 Å². The minimum Gasteiger partial charge on any atom is -0.462 e. The molecule has 35 heavy (non-hydrogen) atoms. The first kappa shape index (κ1) is 24.4. The number of nitro groups is 1. The fraction of sp³-hybridized carbons (Fsp3) is 0.280. The summed E-state index contributed by atoms with van der Waals surface area (Å²) in [6, 6.07) is 18.1. The summed E-state index contributed by atoms with van der Waals surface area (Å²) in [5.74, 6) is -0.694. The highest BCUT2D eigenvalue weighted by atomic mass is 32.1. The van der Waals surface area contributed by atoms with Crippen LogP contribution in [0.5, 0.6) is 0 Å². The number of amides is 1. The number of thiophene rings is 1. The Hall–Kier alpha value is -3.76. The van der Waals surface area contributed by atoms with E-state index >= 15 is 0 Å². The van der Waals surface area contributed by atoms with Gasteiger partial charge in [0.05, 0.1) is 23.8 Å². The molecule has 2 heterocycles. The quantitative estimate of drug-likeness (QED) is 0.283. The van der Waals surface area contributed by atoms with Crippen molar-refractivity contribution in [1.29, 1.82) is 0 Å². The van der Waals surface area contributed by atoms with Gasteiger partial charge in [-0.05, 0) is 24.6 Å². The summed E-state index contributed by atoms with van der Waals surface area (Å²) in [5.41, 5.74) is 2.06. The van der Waals surface area contributed by atoms with Gasteiger partial charge in [-0.1, -0.05) is 42.5 Å². The molecular weight excluding hydrogens is 468 g/mol. The molecule has 1 N–H and O–H groups in total. The summed E-state index contributed by atoms with van der Waals surface area (Å²) in [5, 5.41) is 14.2. The Kier molecular flexibility index (Phi) is 7.74. The van der Waals surface area contributed by atoms with E-state index in [9.17, 15) is 19.7 Å². The third-order valence-electron chi connectivity index (χ3n) is 5.68. The third-order valence-corrected chi connectivity index (χ3v) is 6.85. The molecule has 10 heteroatoms. The lowest BCUT2D eigenvalue weighted by molar-refractivity contribution is -0.384. The van der Waals surface area contributed by atoms with Crippen LogP contribution in [0.1, 0.15) is 16.6 Å². The number of piperazine rings is 1. The lowest BCUT2D eigenvalue weighted by Crippen LogP contribution is -2.48. The number of rotatable bonds is 8. The van der Waals surface area contributed by atoms with Crippen LogP contribution in [0.25, 0.3) is 10.4 Å². The van der Waals surface area contributed by atoms with Gasteiger partial charge in [0, 0.05) is 37.1 Å². The first-order valence-electron chi connectivity index (χ1n) is 11.3. The van der Waals surface area contributed by atoms with E-state index < -0.39 is 5.97 Å². The largest absolute Gasteiger partial charge is 0.462 e. The zero-order chi connectivity index (χ0) is 24.8. The molecule has 1 fully saturated rings. The maximum atomic E-state index is 12.9. The Balaban J connectivity index is 1.40. The SMILES string of the molecule is CCOC(=O)c1sc(-c2ccccc2)cc1NC(=O)CN1CCN(c2ccccc2[N+](=O)[O-])CC1. The van der Waals surface area contributed by atoms with Crippen LogP contribution in [0.3, 0.4) is 0 Å². The number of nitro benzene ring substituents is 1. The molecule has 0 bridgehead atoms. The fourth-order valence-corrected chi connectivity index (χ4v) is 5.02. The van der Waals surface area contributed by atoms with Crippen molar-refractivity contribution in [3.05, 3.63) is 75.7 Å². The van der Waals surface area contributed by atoms with Crippen molar-refractivity contribution < 1.29 is 19.2 Å². The summed E-state index contributed by atoms with van der Waals surface area (Å²) in [7, 11) is 0. The number of ether oxygens (including phenoxy) is 1. The molecule has 3 aromatic rings. The summed E-state index contributed by atoms with van der Waals surface area (Å²) >= 11 is 1.29. The number of benzene rings is 2. The van der Waals surface area contributed by atoms with Crippen LogP contribution in [-0.2, 0) is 9.53 Å². The highest BCUT2D eigenvalue weighted by Gasteiger charge is 2.25. The zero-order valence-corrected chi connectivity index (χ0v) is 20.1. The second-order valence-electron chi connectivity index (χ2n) is 8.00. The van der Waals surface area contributed by atoms with E-state index in [2.05, 4.69) is 5.32 Å². The number of hydrogen-bond donors (Lipinski definition) is 1. The van der Waals surface area contributed by atoms with Crippen molar-refractivity contribution in [3.8, 4) is 10.4 Å². The topological polar surface area (TPSA) is 105 Å². The molecular formula is C25H26N4O5S. The van der Waals surface area contributed by atoms with Crippen LogP contribution in [0, 0.1) is 10.1 Å². The van der Waals surface area contributed by atoms with Crippen LogP contribution in [0.2, 0.25) is 0 Å². The van der Waals surface area contributed by atoms with Crippen molar-refractivity contribution in [2.24, 2.45) is 0 Å². The molecule has 0 atom stereocenters. The van der Waals surface area contributed by atoms with Gasteiger partial charge in [-0.2, -0.15) is 0 Å². The number of carbonyl (C=O) groups excluding carboxylic acids is 2. The maximum absolute atomic E-state index is 12.9. The predicted molar refractivity (Wildman–Crippen MR) is 136 cm³/mol. The molecule has 0 unspecified atom stereocenters. The number of esters is 1. The summed E-state index contributed by atoms with van der Waals surface area (Å²) in [4.78, 5) is 41.5. The Morgan fingerprint density at radius 1 is 1.06 bits per heavy atom. The molecule has 1 aromatic heterocycles. The highest BCUT2D eigenvalue weighted by Crippen LogP contribution is 2.35. The molecule has 182 valence electrons. The van der Waals surface area contributed by atoms with Gasteiger partial charge in [-0.15, -0.1) is 11.3 Å². The van der Waals surface area contributed by atoms with Crippen LogP contribution in [0.4, 0.5) is 17.1 Å². The second kappa shape index (κ2) is 11.1. The number of nitrogens with zero attached hydrogens (tertiary/aromatic N) is 3. The molecule has 9 nitrogen and oxygen atoms in total. The minimum atomic E-state index is -0.465. The van der Waals surface area contributed by atoms with Crippen molar-refractivity contribution in [1.82, 2.24) is 4.90 Å². The van der Waals surface area contributed by atoms with Crippen molar-refractivity contribution in [2.45, 2.75) is 6.92 Å². The van der Waals surface area contributed by atoms with Gasteiger partial charge in [-0.3, -0.25) is 19.8 Å². The number of nitrogens with one attached hydrogen (secondary N) is 1. The van der Waals surface area contributed by atoms with E-state index in [4.69, 9.17) is 4.74 Å². The monoisotopic (exact) mass is 494 g/mol. The molecule has 1 amide bonds. The second-order valence-corrected chi connectivity index (χ2v) is 9.05. The third kappa shape index (κ3) is 5.84. The van der Waals surface area contributed by atoms with Gasteiger partial charge in [0.2, 0.25) is 5.91 Å². The summed E-state index contributed by atoms with van der Waals surface area (Å²) in [6.07, 6.45) is 0. The van der Waals surface area contributed by atoms with Crippen LogP contribution in [0.15, 0.2) is 60.7 Å². The standard InChI is InChI=1S/C25H26N4O5S/c1-2-34-25(31)24-19(16-22(35-24)18-8-4-3-5-9-18)26-23(30)17-27-12-14-28(15-13-27)20-10-6-7-11-21(20)29(32)33/h3-11,16H,2,12-15,17H2,1H3,(H,26,30). The van der Waals surface area contributed by atoms with Gasteiger partial charge in [0.25, 0.3) is 5.69 Å². The van der Waals surface area contributed by atoms with Crippen molar-refractivity contribution >= 4 is 40.3 Å². The van der Waals surface area contributed by atoms with Gasteiger partial charge in [0.1, 0.15) is 10.6 Å². The van der Waals surface area contributed by atoms with E-state index in [-0.39, 0.29) is 29.7 Å². The van der Waals surface area contributed by atoms with Gasteiger partial charge in [-0.25, -0.2) is 4.79 Å². The molecule has 1 aliphatic heterocycles. The van der Waals surface area contributed by atoms with Crippen molar-refractivity contribution in [3.63, 3.8) is 0 Å². The zero-order valence-electron chi connectivity index (χ0n) is 19.3. The van der Waals surface area contributed by atoms with Crippen molar-refractivity contribution in [2.75, 3.05) is 49.5 Å².